The number of hydrogen-bond acceptors (Lipinski definition) is 4. The molecular formula is C15H22N2O3. The SMILES string of the molecule is CN(CC1CC(O)C1)C(=O)CCOc1cccc(N)c1. The summed E-state index contributed by atoms with van der Waals surface area (Å²) in [7, 11) is 1.80. The van der Waals surface area contributed by atoms with Crippen LogP contribution in [0.5, 0.6) is 5.75 Å². The second-order valence-corrected chi connectivity index (χ2v) is 5.44. The van der Waals surface area contributed by atoms with Gasteiger partial charge in [-0.05, 0) is 30.9 Å². The van der Waals surface area contributed by atoms with Gasteiger partial charge in [-0.3, -0.25) is 4.79 Å². The first-order valence-electron chi connectivity index (χ1n) is 6.95. The van der Waals surface area contributed by atoms with Crippen molar-refractivity contribution in [2.75, 3.05) is 25.9 Å². The van der Waals surface area contributed by atoms with E-state index in [9.17, 15) is 9.90 Å². The van der Waals surface area contributed by atoms with Crippen molar-refractivity contribution in [1.29, 1.82) is 0 Å². The van der Waals surface area contributed by atoms with Gasteiger partial charge in [-0.1, -0.05) is 6.07 Å². The molecule has 1 aliphatic carbocycles. The van der Waals surface area contributed by atoms with Crippen molar-refractivity contribution in [1.82, 2.24) is 4.90 Å². The number of nitrogens with zero attached hydrogens (tertiary/aromatic N) is 1. The second-order valence-electron chi connectivity index (χ2n) is 5.44. The Balaban J connectivity index is 1.66. The van der Waals surface area contributed by atoms with Crippen molar-refractivity contribution in [3.63, 3.8) is 0 Å². The van der Waals surface area contributed by atoms with E-state index in [2.05, 4.69) is 0 Å². The molecular weight excluding hydrogens is 256 g/mol. The molecule has 5 nitrogen and oxygen atoms in total. The summed E-state index contributed by atoms with van der Waals surface area (Å²) in [5.74, 6) is 1.19. The smallest absolute Gasteiger partial charge is 0.225 e. The molecule has 0 aromatic heterocycles. The Morgan fingerprint density at radius 2 is 2.25 bits per heavy atom. The van der Waals surface area contributed by atoms with Gasteiger partial charge in [0.1, 0.15) is 5.75 Å². The molecule has 3 N–H and O–H groups in total. The van der Waals surface area contributed by atoms with Gasteiger partial charge in [0.05, 0.1) is 19.1 Å². The summed E-state index contributed by atoms with van der Waals surface area (Å²) < 4.78 is 5.50. The normalized spacial score (nSPS) is 21.1. The lowest BCUT2D eigenvalue weighted by atomic mass is 9.82. The van der Waals surface area contributed by atoms with Crippen LogP contribution in [0.2, 0.25) is 0 Å². The highest BCUT2D eigenvalue weighted by Crippen LogP contribution is 2.27. The highest BCUT2D eigenvalue weighted by molar-refractivity contribution is 5.76. The highest BCUT2D eigenvalue weighted by Gasteiger charge is 2.28. The van der Waals surface area contributed by atoms with Gasteiger partial charge in [0.15, 0.2) is 0 Å². The van der Waals surface area contributed by atoms with Gasteiger partial charge in [-0.15, -0.1) is 0 Å². The van der Waals surface area contributed by atoms with E-state index in [1.54, 1.807) is 24.1 Å². The number of amides is 1. The van der Waals surface area contributed by atoms with Crippen LogP contribution in [-0.4, -0.2) is 42.2 Å². The van der Waals surface area contributed by atoms with Crippen LogP contribution < -0.4 is 10.5 Å². The molecule has 0 heterocycles. The molecule has 110 valence electrons. The number of carbonyl (C=O) groups excluding carboxylic acids is 1. The van der Waals surface area contributed by atoms with Crippen molar-refractivity contribution in [3.05, 3.63) is 24.3 Å². The third kappa shape index (κ3) is 4.13. The largest absolute Gasteiger partial charge is 0.493 e. The number of anilines is 1. The van der Waals surface area contributed by atoms with Crippen LogP contribution >= 0.6 is 0 Å². The molecule has 1 aliphatic rings. The second kappa shape index (κ2) is 6.61. The Morgan fingerprint density at radius 3 is 2.90 bits per heavy atom. The number of carbonyl (C=O) groups is 1. The number of ether oxygens (including phenoxy) is 1. The van der Waals surface area contributed by atoms with E-state index < -0.39 is 0 Å². The molecule has 0 bridgehead atoms. The summed E-state index contributed by atoms with van der Waals surface area (Å²) in [5, 5.41) is 9.23. The fourth-order valence-corrected chi connectivity index (χ4v) is 2.39. The standard InChI is InChI=1S/C15H22N2O3/c1-17(10-11-7-13(18)8-11)15(19)5-6-20-14-4-2-3-12(16)9-14/h2-4,9,11,13,18H,5-8,10,16H2,1H3. The number of aliphatic hydroxyl groups is 1. The van der Waals surface area contributed by atoms with Crippen LogP contribution in [0.4, 0.5) is 5.69 Å². The predicted molar refractivity (Wildman–Crippen MR) is 77.3 cm³/mol. The van der Waals surface area contributed by atoms with E-state index in [1.807, 2.05) is 12.1 Å². The van der Waals surface area contributed by atoms with E-state index in [0.717, 1.165) is 12.8 Å². The molecule has 1 aromatic rings. The van der Waals surface area contributed by atoms with Crippen LogP contribution in [0.15, 0.2) is 24.3 Å². The Bertz CT molecular complexity index is 458. The molecule has 0 spiro atoms. The van der Waals surface area contributed by atoms with Crippen LogP contribution in [0.25, 0.3) is 0 Å². The molecule has 0 unspecified atom stereocenters. The van der Waals surface area contributed by atoms with E-state index in [1.165, 1.54) is 0 Å². The van der Waals surface area contributed by atoms with Crippen molar-refractivity contribution in [3.8, 4) is 5.75 Å². The molecule has 2 rings (SSSR count). The zero-order chi connectivity index (χ0) is 14.5. The topological polar surface area (TPSA) is 75.8 Å². The minimum Gasteiger partial charge on any atom is -0.493 e. The minimum absolute atomic E-state index is 0.0651. The first kappa shape index (κ1) is 14.7. The van der Waals surface area contributed by atoms with Gasteiger partial charge in [0, 0.05) is 25.3 Å². The Labute approximate surface area is 119 Å². The Kier molecular flexibility index (Phi) is 4.84. The van der Waals surface area contributed by atoms with Gasteiger partial charge in [0.25, 0.3) is 0 Å². The van der Waals surface area contributed by atoms with Crippen molar-refractivity contribution < 1.29 is 14.6 Å². The molecule has 0 atom stereocenters. The van der Waals surface area contributed by atoms with Crippen LogP contribution in [-0.2, 0) is 4.79 Å². The van der Waals surface area contributed by atoms with E-state index in [4.69, 9.17) is 10.5 Å². The molecule has 1 amide bonds. The molecule has 0 saturated heterocycles. The number of nitrogens with two attached hydrogens (primary N) is 1. The van der Waals surface area contributed by atoms with Gasteiger partial charge in [0.2, 0.25) is 5.91 Å². The average molecular weight is 278 g/mol. The number of aliphatic hydroxyl groups excluding tert-OH is 1. The third-order valence-corrected chi connectivity index (χ3v) is 3.61. The first-order chi connectivity index (χ1) is 9.54. The van der Waals surface area contributed by atoms with Crippen molar-refractivity contribution in [2.24, 2.45) is 5.92 Å². The van der Waals surface area contributed by atoms with Crippen LogP contribution in [0.1, 0.15) is 19.3 Å². The zero-order valence-corrected chi connectivity index (χ0v) is 11.8. The number of hydrogen-bond donors (Lipinski definition) is 2. The fourth-order valence-electron chi connectivity index (χ4n) is 2.39. The molecule has 0 aliphatic heterocycles. The summed E-state index contributed by atoms with van der Waals surface area (Å²) >= 11 is 0. The van der Waals surface area contributed by atoms with Gasteiger partial charge in [-0.2, -0.15) is 0 Å². The summed E-state index contributed by atoms with van der Waals surface area (Å²) in [6, 6.07) is 7.17. The number of rotatable bonds is 6. The highest BCUT2D eigenvalue weighted by atomic mass is 16.5. The summed E-state index contributed by atoms with van der Waals surface area (Å²) in [6.07, 6.45) is 1.78. The number of nitrogen functional groups attached to an aromatic ring is 1. The van der Waals surface area contributed by atoms with Gasteiger partial charge < -0.3 is 20.5 Å². The summed E-state index contributed by atoms with van der Waals surface area (Å²) in [6.45, 7) is 1.06. The van der Waals surface area contributed by atoms with Gasteiger partial charge in [-0.25, -0.2) is 0 Å². The maximum atomic E-state index is 11.9. The number of benzene rings is 1. The van der Waals surface area contributed by atoms with Crippen LogP contribution in [0.3, 0.4) is 0 Å². The molecule has 5 heteroatoms. The summed E-state index contributed by atoms with van der Waals surface area (Å²) in [4.78, 5) is 13.6. The molecule has 1 aromatic carbocycles. The fraction of sp³-hybridized carbons (Fsp3) is 0.533. The molecule has 0 radical (unpaired) electrons. The van der Waals surface area contributed by atoms with E-state index in [0.29, 0.717) is 36.9 Å². The van der Waals surface area contributed by atoms with Gasteiger partial charge >= 0.3 is 0 Å². The molecule has 1 fully saturated rings. The predicted octanol–water partition coefficient (Wildman–Crippen LogP) is 1.27. The lowest BCUT2D eigenvalue weighted by Crippen LogP contribution is -2.39. The minimum atomic E-state index is -0.171. The lowest BCUT2D eigenvalue weighted by Gasteiger charge is -2.34. The molecule has 1 saturated carbocycles. The summed E-state index contributed by atoms with van der Waals surface area (Å²) in [5.41, 5.74) is 6.30. The van der Waals surface area contributed by atoms with E-state index in [-0.39, 0.29) is 12.0 Å². The maximum Gasteiger partial charge on any atom is 0.225 e. The lowest BCUT2D eigenvalue weighted by molar-refractivity contribution is -0.132. The molecule has 20 heavy (non-hydrogen) atoms. The first-order valence-corrected chi connectivity index (χ1v) is 6.95. The quantitative estimate of drug-likeness (QED) is 0.768. The Morgan fingerprint density at radius 1 is 1.50 bits per heavy atom. The van der Waals surface area contributed by atoms with E-state index >= 15 is 0 Å². The Hall–Kier alpha value is -1.75. The van der Waals surface area contributed by atoms with Crippen molar-refractivity contribution >= 4 is 11.6 Å². The van der Waals surface area contributed by atoms with Crippen molar-refractivity contribution in [2.45, 2.75) is 25.4 Å². The maximum absolute atomic E-state index is 11.9. The zero-order valence-electron chi connectivity index (χ0n) is 11.8. The average Bonchev–Trinajstić information content (AvgIpc) is 2.36. The van der Waals surface area contributed by atoms with Crippen LogP contribution in [0, 0.1) is 5.92 Å². The monoisotopic (exact) mass is 278 g/mol. The third-order valence-electron chi connectivity index (χ3n) is 3.61.